The van der Waals surface area contributed by atoms with Crippen molar-refractivity contribution < 1.29 is 19.4 Å². The number of benzene rings is 2. The fourth-order valence-corrected chi connectivity index (χ4v) is 2.09. The van der Waals surface area contributed by atoms with Gasteiger partial charge in [0.15, 0.2) is 6.10 Å². The summed E-state index contributed by atoms with van der Waals surface area (Å²) in [5.41, 5.74) is 1.55. The zero-order valence-electron chi connectivity index (χ0n) is 14.2. The Morgan fingerprint density at radius 2 is 1.85 bits per heavy atom. The van der Waals surface area contributed by atoms with E-state index in [1.165, 1.54) is 13.0 Å². The molecular formula is C20H18N2O4. The summed E-state index contributed by atoms with van der Waals surface area (Å²) in [5, 5.41) is 20.7. The quantitative estimate of drug-likeness (QED) is 0.591. The van der Waals surface area contributed by atoms with Gasteiger partial charge >= 0.3 is 5.97 Å². The fourth-order valence-electron chi connectivity index (χ4n) is 2.09. The highest BCUT2D eigenvalue weighted by molar-refractivity contribution is 6.01. The summed E-state index contributed by atoms with van der Waals surface area (Å²) in [7, 11) is 0. The van der Waals surface area contributed by atoms with Crippen molar-refractivity contribution in [2.24, 2.45) is 0 Å². The van der Waals surface area contributed by atoms with Crippen molar-refractivity contribution in [3.05, 3.63) is 71.3 Å². The van der Waals surface area contributed by atoms with E-state index in [2.05, 4.69) is 5.32 Å². The fraction of sp³-hybridized carbons (Fsp3) is 0.150. The molecule has 2 aromatic carbocycles. The van der Waals surface area contributed by atoms with Crippen molar-refractivity contribution in [1.82, 2.24) is 5.32 Å². The molecule has 0 radical (unpaired) electrons. The smallest absolute Gasteiger partial charge is 0.344 e. The van der Waals surface area contributed by atoms with Gasteiger partial charge in [0.25, 0.3) is 5.91 Å². The van der Waals surface area contributed by atoms with Gasteiger partial charge in [-0.3, -0.25) is 4.79 Å². The van der Waals surface area contributed by atoms with Crippen LogP contribution in [0.3, 0.4) is 0 Å². The zero-order chi connectivity index (χ0) is 18.9. The first-order valence-electron chi connectivity index (χ1n) is 7.93. The number of nitrogens with zero attached hydrogens (tertiary/aromatic N) is 1. The SMILES string of the molecule is C[C@@H](Oc1ccc(/C=C(/C#N)C(=O)NCc2ccccc2)cc1)C(=O)O. The number of hydrogen-bond donors (Lipinski definition) is 2. The average Bonchev–Trinajstić information content (AvgIpc) is 2.66. The van der Waals surface area contributed by atoms with E-state index in [9.17, 15) is 14.9 Å². The third-order valence-corrected chi connectivity index (χ3v) is 3.51. The van der Waals surface area contributed by atoms with Crippen LogP contribution in [0.5, 0.6) is 5.75 Å². The molecule has 1 amide bonds. The van der Waals surface area contributed by atoms with Crippen LogP contribution >= 0.6 is 0 Å². The molecule has 2 N–H and O–H groups in total. The second-order valence-corrected chi connectivity index (χ2v) is 5.51. The third kappa shape index (κ3) is 5.49. The molecule has 0 fully saturated rings. The second kappa shape index (κ2) is 9.04. The Balaban J connectivity index is 2.02. The number of carbonyl (C=O) groups is 2. The van der Waals surface area contributed by atoms with Crippen LogP contribution in [-0.2, 0) is 16.1 Å². The van der Waals surface area contributed by atoms with Crippen molar-refractivity contribution in [3.8, 4) is 11.8 Å². The van der Waals surface area contributed by atoms with Crippen LogP contribution in [0.25, 0.3) is 6.08 Å². The molecule has 1 atom stereocenters. The number of nitrogens with one attached hydrogen (secondary N) is 1. The molecular weight excluding hydrogens is 332 g/mol. The Labute approximate surface area is 151 Å². The van der Waals surface area contributed by atoms with Crippen LogP contribution < -0.4 is 10.1 Å². The number of hydrogen-bond acceptors (Lipinski definition) is 4. The molecule has 0 heterocycles. The van der Waals surface area contributed by atoms with Gasteiger partial charge < -0.3 is 15.2 Å². The van der Waals surface area contributed by atoms with Gasteiger partial charge in [-0.05, 0) is 36.3 Å². The minimum Gasteiger partial charge on any atom is -0.479 e. The summed E-state index contributed by atoms with van der Waals surface area (Å²) in [6.45, 7) is 1.76. The molecule has 26 heavy (non-hydrogen) atoms. The molecule has 0 unspecified atom stereocenters. The Bertz CT molecular complexity index is 836. The van der Waals surface area contributed by atoms with E-state index in [0.29, 0.717) is 17.9 Å². The third-order valence-electron chi connectivity index (χ3n) is 3.51. The summed E-state index contributed by atoms with van der Waals surface area (Å²) in [5.74, 6) is -1.13. The van der Waals surface area contributed by atoms with Crippen LogP contribution in [0.4, 0.5) is 0 Å². The Kier molecular flexibility index (Phi) is 6.52. The molecule has 6 heteroatoms. The van der Waals surface area contributed by atoms with Gasteiger partial charge in [0, 0.05) is 6.54 Å². The largest absolute Gasteiger partial charge is 0.479 e. The van der Waals surface area contributed by atoms with Crippen LogP contribution in [0.2, 0.25) is 0 Å². The lowest BCUT2D eigenvalue weighted by atomic mass is 10.1. The predicted molar refractivity (Wildman–Crippen MR) is 96.0 cm³/mol. The maximum Gasteiger partial charge on any atom is 0.344 e. The number of nitriles is 1. The van der Waals surface area contributed by atoms with Gasteiger partial charge in [-0.15, -0.1) is 0 Å². The molecule has 2 aromatic rings. The topological polar surface area (TPSA) is 99.4 Å². The van der Waals surface area contributed by atoms with E-state index in [0.717, 1.165) is 5.56 Å². The first-order valence-corrected chi connectivity index (χ1v) is 7.93. The van der Waals surface area contributed by atoms with Gasteiger partial charge in [-0.2, -0.15) is 5.26 Å². The Morgan fingerprint density at radius 1 is 1.19 bits per heavy atom. The van der Waals surface area contributed by atoms with E-state index < -0.39 is 18.0 Å². The van der Waals surface area contributed by atoms with Gasteiger partial charge in [0.05, 0.1) is 0 Å². The normalized spacial score (nSPS) is 11.9. The maximum atomic E-state index is 12.1. The van der Waals surface area contributed by atoms with Gasteiger partial charge in [0.1, 0.15) is 17.4 Å². The lowest BCUT2D eigenvalue weighted by Gasteiger charge is -2.10. The van der Waals surface area contributed by atoms with Crippen LogP contribution in [0.15, 0.2) is 60.2 Å². The highest BCUT2D eigenvalue weighted by Crippen LogP contribution is 2.16. The van der Waals surface area contributed by atoms with E-state index in [1.807, 2.05) is 36.4 Å². The number of aliphatic carboxylic acids is 1. The van der Waals surface area contributed by atoms with E-state index in [-0.39, 0.29) is 5.57 Å². The molecule has 0 aliphatic heterocycles. The molecule has 2 rings (SSSR count). The highest BCUT2D eigenvalue weighted by Gasteiger charge is 2.12. The van der Waals surface area contributed by atoms with E-state index in [4.69, 9.17) is 9.84 Å². The van der Waals surface area contributed by atoms with E-state index >= 15 is 0 Å². The molecule has 0 aromatic heterocycles. The molecule has 6 nitrogen and oxygen atoms in total. The Hall–Kier alpha value is -3.59. The number of rotatable bonds is 7. The minimum atomic E-state index is -1.06. The summed E-state index contributed by atoms with van der Waals surface area (Å²) in [4.78, 5) is 22.9. The number of carboxylic acid groups (broad SMARTS) is 1. The number of carbonyl (C=O) groups excluding carboxylic acids is 1. The molecule has 0 aliphatic carbocycles. The lowest BCUT2D eigenvalue weighted by Crippen LogP contribution is -2.23. The Morgan fingerprint density at radius 3 is 2.42 bits per heavy atom. The zero-order valence-corrected chi connectivity index (χ0v) is 14.2. The number of ether oxygens (including phenoxy) is 1. The van der Waals surface area contributed by atoms with Gasteiger partial charge in [0.2, 0.25) is 0 Å². The average molecular weight is 350 g/mol. The monoisotopic (exact) mass is 350 g/mol. The van der Waals surface area contributed by atoms with Gasteiger partial charge in [-0.25, -0.2) is 4.79 Å². The first-order chi connectivity index (χ1) is 12.5. The summed E-state index contributed by atoms with van der Waals surface area (Å²) < 4.78 is 5.23. The maximum absolute atomic E-state index is 12.1. The van der Waals surface area contributed by atoms with Crippen molar-refractivity contribution in [2.75, 3.05) is 0 Å². The minimum absolute atomic E-state index is 0.0199. The van der Waals surface area contributed by atoms with Crippen molar-refractivity contribution in [3.63, 3.8) is 0 Å². The van der Waals surface area contributed by atoms with Crippen molar-refractivity contribution in [2.45, 2.75) is 19.6 Å². The van der Waals surface area contributed by atoms with Crippen LogP contribution in [0, 0.1) is 11.3 Å². The van der Waals surface area contributed by atoms with Crippen molar-refractivity contribution >= 4 is 18.0 Å². The standard InChI is InChI=1S/C20H18N2O4/c1-14(20(24)25)26-18-9-7-15(8-10-18)11-17(12-21)19(23)22-13-16-5-3-2-4-6-16/h2-11,14H,13H2,1H3,(H,22,23)(H,24,25)/b17-11-/t14-/m1/s1. The predicted octanol–water partition coefficient (Wildman–Crippen LogP) is 2.76. The van der Waals surface area contributed by atoms with Gasteiger partial charge in [-0.1, -0.05) is 42.5 Å². The first kappa shape index (κ1) is 18.7. The second-order valence-electron chi connectivity index (χ2n) is 5.51. The molecule has 0 spiro atoms. The molecule has 132 valence electrons. The molecule has 0 aliphatic rings. The highest BCUT2D eigenvalue weighted by atomic mass is 16.5. The number of carboxylic acids is 1. The molecule has 0 bridgehead atoms. The molecule has 0 saturated carbocycles. The molecule has 0 saturated heterocycles. The summed E-state index contributed by atoms with van der Waals surface area (Å²) in [6, 6.07) is 17.7. The van der Waals surface area contributed by atoms with Crippen molar-refractivity contribution in [1.29, 1.82) is 5.26 Å². The van der Waals surface area contributed by atoms with Crippen LogP contribution in [-0.4, -0.2) is 23.1 Å². The van der Waals surface area contributed by atoms with E-state index in [1.54, 1.807) is 24.3 Å². The summed E-state index contributed by atoms with van der Waals surface area (Å²) in [6.07, 6.45) is 0.500. The lowest BCUT2D eigenvalue weighted by molar-refractivity contribution is -0.144. The van der Waals surface area contributed by atoms with Crippen LogP contribution in [0.1, 0.15) is 18.1 Å². The number of amides is 1. The summed E-state index contributed by atoms with van der Waals surface area (Å²) >= 11 is 0.